The van der Waals surface area contributed by atoms with Crippen molar-refractivity contribution in [3.05, 3.63) is 46.0 Å². The van der Waals surface area contributed by atoms with Crippen LogP contribution < -0.4 is 10.9 Å². The molecule has 88 valence electrons. The number of rotatable bonds is 3. The number of nitrogens with zero attached hydrogens (tertiary/aromatic N) is 1. The van der Waals surface area contributed by atoms with Gasteiger partial charge in [-0.1, -0.05) is 13.0 Å². The van der Waals surface area contributed by atoms with Crippen molar-refractivity contribution < 1.29 is 4.79 Å². The number of hydrogen-bond donors (Lipinski definition) is 3. The number of pyridine rings is 1. The maximum Gasteiger partial charge on any atom is 0.273 e. The van der Waals surface area contributed by atoms with E-state index in [0.29, 0.717) is 5.82 Å². The first-order valence-corrected chi connectivity index (χ1v) is 5.23. The van der Waals surface area contributed by atoms with Crippen LogP contribution in [0.3, 0.4) is 0 Å². The topological polar surface area (TPSA) is 90.6 Å². The summed E-state index contributed by atoms with van der Waals surface area (Å²) < 4.78 is 0. The molecule has 17 heavy (non-hydrogen) atoms. The standard InChI is InChI=1S/C11H12N4O2/c1-2-7-6-12-15-10(7)14-11(17)8-4-3-5-9(16)13-8/h3-6H,2H2,1H3,(H,13,16)(H2,12,14,15,17). The number of carbonyl (C=O) groups is 1. The summed E-state index contributed by atoms with van der Waals surface area (Å²) >= 11 is 0. The molecule has 0 radical (unpaired) electrons. The van der Waals surface area contributed by atoms with E-state index >= 15 is 0 Å². The van der Waals surface area contributed by atoms with Gasteiger partial charge in [-0.3, -0.25) is 14.7 Å². The van der Waals surface area contributed by atoms with E-state index in [0.717, 1.165) is 12.0 Å². The van der Waals surface area contributed by atoms with Crippen LogP contribution in [0.25, 0.3) is 0 Å². The van der Waals surface area contributed by atoms with Crippen LogP contribution in [0.5, 0.6) is 0 Å². The average molecular weight is 232 g/mol. The van der Waals surface area contributed by atoms with Crippen molar-refractivity contribution in [3.8, 4) is 0 Å². The van der Waals surface area contributed by atoms with Crippen molar-refractivity contribution in [2.24, 2.45) is 0 Å². The monoisotopic (exact) mass is 232 g/mol. The first-order valence-electron chi connectivity index (χ1n) is 5.23. The van der Waals surface area contributed by atoms with Crippen LogP contribution in [-0.2, 0) is 6.42 Å². The third kappa shape index (κ3) is 2.41. The minimum atomic E-state index is -0.373. The van der Waals surface area contributed by atoms with E-state index < -0.39 is 0 Å². The second-order valence-corrected chi connectivity index (χ2v) is 3.51. The Balaban J connectivity index is 2.20. The van der Waals surface area contributed by atoms with Crippen molar-refractivity contribution >= 4 is 11.7 Å². The highest BCUT2D eigenvalue weighted by molar-refractivity contribution is 6.02. The molecule has 2 rings (SSSR count). The fourth-order valence-electron chi connectivity index (χ4n) is 1.45. The molecule has 0 aliphatic rings. The van der Waals surface area contributed by atoms with E-state index in [2.05, 4.69) is 20.5 Å². The lowest BCUT2D eigenvalue weighted by Gasteiger charge is -2.03. The number of amides is 1. The van der Waals surface area contributed by atoms with Gasteiger partial charge in [0.2, 0.25) is 5.56 Å². The van der Waals surface area contributed by atoms with Gasteiger partial charge in [0.05, 0.1) is 6.20 Å². The van der Waals surface area contributed by atoms with Gasteiger partial charge in [-0.2, -0.15) is 5.10 Å². The number of aromatic nitrogens is 3. The molecule has 3 N–H and O–H groups in total. The highest BCUT2D eigenvalue weighted by atomic mass is 16.2. The Morgan fingerprint density at radius 3 is 3.00 bits per heavy atom. The molecule has 2 aromatic rings. The Bertz CT molecular complexity index is 585. The molecule has 0 atom stereocenters. The van der Waals surface area contributed by atoms with Gasteiger partial charge in [0.15, 0.2) is 0 Å². The highest BCUT2D eigenvalue weighted by Crippen LogP contribution is 2.11. The van der Waals surface area contributed by atoms with E-state index in [-0.39, 0.29) is 17.2 Å². The molecule has 2 heterocycles. The Morgan fingerprint density at radius 2 is 2.29 bits per heavy atom. The van der Waals surface area contributed by atoms with Gasteiger partial charge >= 0.3 is 0 Å². The number of nitrogens with one attached hydrogen (secondary N) is 3. The van der Waals surface area contributed by atoms with Gasteiger partial charge in [-0.05, 0) is 12.5 Å². The molecular weight excluding hydrogens is 220 g/mol. The third-order valence-corrected chi connectivity index (χ3v) is 2.35. The Kier molecular flexibility index (Phi) is 3.04. The van der Waals surface area contributed by atoms with Crippen LogP contribution in [-0.4, -0.2) is 21.1 Å². The fraction of sp³-hybridized carbons (Fsp3) is 0.182. The highest BCUT2D eigenvalue weighted by Gasteiger charge is 2.10. The summed E-state index contributed by atoms with van der Waals surface area (Å²) in [4.78, 5) is 25.3. The lowest BCUT2D eigenvalue weighted by atomic mass is 10.2. The predicted molar refractivity (Wildman–Crippen MR) is 63.0 cm³/mol. The van der Waals surface area contributed by atoms with Gasteiger partial charge in [0, 0.05) is 11.6 Å². The van der Waals surface area contributed by atoms with Gasteiger partial charge in [-0.25, -0.2) is 0 Å². The smallest absolute Gasteiger partial charge is 0.273 e. The SMILES string of the molecule is CCc1cn[nH]c1NC(=O)c1cccc(=O)[nH]1. The van der Waals surface area contributed by atoms with Gasteiger partial charge < -0.3 is 10.3 Å². The number of aryl methyl sites for hydroxylation is 1. The summed E-state index contributed by atoms with van der Waals surface area (Å²) in [6.07, 6.45) is 2.42. The fourth-order valence-corrected chi connectivity index (χ4v) is 1.45. The van der Waals surface area contributed by atoms with Gasteiger partial charge in [-0.15, -0.1) is 0 Å². The predicted octanol–water partition coefficient (Wildman–Crippen LogP) is 0.913. The largest absolute Gasteiger partial charge is 0.318 e. The van der Waals surface area contributed by atoms with Crippen LogP contribution in [0.2, 0.25) is 0 Å². The third-order valence-electron chi connectivity index (χ3n) is 2.35. The lowest BCUT2D eigenvalue weighted by molar-refractivity contribution is 0.102. The zero-order chi connectivity index (χ0) is 12.3. The molecule has 0 aliphatic carbocycles. The molecule has 0 fully saturated rings. The van der Waals surface area contributed by atoms with Crippen molar-refractivity contribution in [2.75, 3.05) is 5.32 Å². The molecule has 6 nitrogen and oxygen atoms in total. The molecule has 0 unspecified atom stereocenters. The molecule has 0 aromatic carbocycles. The van der Waals surface area contributed by atoms with E-state index in [1.54, 1.807) is 12.3 Å². The molecule has 0 bridgehead atoms. The average Bonchev–Trinajstić information content (AvgIpc) is 2.76. The zero-order valence-corrected chi connectivity index (χ0v) is 9.28. The number of anilines is 1. The van der Waals surface area contributed by atoms with Crippen LogP contribution in [0, 0.1) is 0 Å². The maximum absolute atomic E-state index is 11.8. The van der Waals surface area contributed by atoms with E-state index in [1.165, 1.54) is 12.1 Å². The zero-order valence-electron chi connectivity index (χ0n) is 9.28. The number of carbonyl (C=O) groups excluding carboxylic acids is 1. The summed E-state index contributed by atoms with van der Waals surface area (Å²) in [5, 5.41) is 9.20. The summed E-state index contributed by atoms with van der Waals surface area (Å²) in [6, 6.07) is 4.42. The molecule has 0 spiro atoms. The molecule has 6 heteroatoms. The molecule has 1 amide bonds. The van der Waals surface area contributed by atoms with Crippen LogP contribution in [0.15, 0.2) is 29.2 Å². The van der Waals surface area contributed by atoms with E-state index in [9.17, 15) is 9.59 Å². The Labute approximate surface area is 97.1 Å². The normalized spacial score (nSPS) is 10.2. The van der Waals surface area contributed by atoms with Crippen LogP contribution in [0.1, 0.15) is 23.0 Å². The summed E-state index contributed by atoms with van der Waals surface area (Å²) in [5.41, 5.74) is 0.823. The van der Waals surface area contributed by atoms with E-state index in [1.807, 2.05) is 6.92 Å². The minimum absolute atomic E-state index is 0.217. The summed E-state index contributed by atoms with van der Waals surface area (Å²) in [7, 11) is 0. The quantitative estimate of drug-likeness (QED) is 0.734. The molecular formula is C11H12N4O2. The Morgan fingerprint density at radius 1 is 1.47 bits per heavy atom. The number of H-pyrrole nitrogens is 2. The lowest BCUT2D eigenvalue weighted by Crippen LogP contribution is -2.18. The molecule has 0 saturated heterocycles. The Hall–Kier alpha value is -2.37. The van der Waals surface area contributed by atoms with Crippen LogP contribution >= 0.6 is 0 Å². The molecule has 0 aliphatic heterocycles. The van der Waals surface area contributed by atoms with Gasteiger partial charge in [0.25, 0.3) is 5.91 Å². The second kappa shape index (κ2) is 4.65. The van der Waals surface area contributed by atoms with Crippen molar-refractivity contribution in [2.45, 2.75) is 13.3 Å². The summed E-state index contributed by atoms with van der Waals surface area (Å²) in [6.45, 7) is 1.96. The summed E-state index contributed by atoms with van der Waals surface area (Å²) in [5.74, 6) is 0.184. The van der Waals surface area contributed by atoms with E-state index in [4.69, 9.17) is 0 Å². The number of aromatic amines is 2. The second-order valence-electron chi connectivity index (χ2n) is 3.51. The first-order chi connectivity index (χ1) is 8.20. The number of hydrogen-bond acceptors (Lipinski definition) is 3. The first kappa shape index (κ1) is 11.1. The molecule has 0 saturated carbocycles. The van der Waals surface area contributed by atoms with Crippen LogP contribution in [0.4, 0.5) is 5.82 Å². The van der Waals surface area contributed by atoms with Crippen molar-refractivity contribution in [1.82, 2.24) is 15.2 Å². The molecule has 2 aromatic heterocycles. The van der Waals surface area contributed by atoms with Gasteiger partial charge in [0.1, 0.15) is 11.5 Å². The maximum atomic E-state index is 11.8. The minimum Gasteiger partial charge on any atom is -0.318 e. The van der Waals surface area contributed by atoms with Crippen molar-refractivity contribution in [3.63, 3.8) is 0 Å². The van der Waals surface area contributed by atoms with Crippen molar-refractivity contribution in [1.29, 1.82) is 0 Å².